The second-order valence-corrected chi connectivity index (χ2v) is 6.28. The molecule has 0 aliphatic carbocycles. The Morgan fingerprint density at radius 1 is 1.00 bits per heavy atom. The van der Waals surface area contributed by atoms with E-state index in [1.54, 1.807) is 0 Å². The van der Waals surface area contributed by atoms with Gasteiger partial charge in [-0.25, -0.2) is 0 Å². The van der Waals surface area contributed by atoms with Crippen molar-refractivity contribution >= 4 is 27.5 Å². The zero-order valence-corrected chi connectivity index (χ0v) is 13.0. The van der Waals surface area contributed by atoms with Gasteiger partial charge >= 0.3 is 0 Å². The Balaban J connectivity index is 1.81. The van der Waals surface area contributed by atoms with Gasteiger partial charge in [0, 0.05) is 49.5 Å². The molecule has 0 N–H and O–H groups in total. The topological polar surface area (TPSA) is 24.9 Å². The molecular weight excluding hydrogens is 320 g/mol. The quantitative estimate of drug-likeness (QED) is 0.697. The highest BCUT2D eigenvalue weighted by atomic mass is 79.9. The van der Waals surface area contributed by atoms with E-state index in [2.05, 4.69) is 25.7 Å². The largest absolute Gasteiger partial charge is 0.379 e. The van der Waals surface area contributed by atoms with Crippen LogP contribution in [-0.4, -0.2) is 85.7 Å². The van der Waals surface area contributed by atoms with Crippen molar-refractivity contribution in [2.45, 2.75) is 10.9 Å². The molecule has 2 heterocycles. The van der Waals surface area contributed by atoms with E-state index >= 15 is 0 Å². The van der Waals surface area contributed by atoms with Gasteiger partial charge in [-0.3, -0.25) is 9.80 Å². The third kappa shape index (κ3) is 4.32. The maximum absolute atomic E-state index is 6.16. The van der Waals surface area contributed by atoms with Crippen molar-refractivity contribution in [3.05, 3.63) is 0 Å². The normalized spacial score (nSPS) is 27.0. The van der Waals surface area contributed by atoms with Crippen LogP contribution in [0.15, 0.2) is 0 Å². The smallest absolute Gasteiger partial charge is 0.0594 e. The molecule has 18 heavy (non-hydrogen) atoms. The lowest BCUT2D eigenvalue weighted by Crippen LogP contribution is -2.52. The number of hydrogen-bond acceptors (Lipinski definition) is 4. The summed E-state index contributed by atoms with van der Waals surface area (Å²) in [6, 6.07) is 0.387. The molecule has 2 saturated heterocycles. The number of nitrogens with zero attached hydrogens (tertiary/aromatic N) is 2. The molecule has 0 saturated carbocycles. The van der Waals surface area contributed by atoms with Gasteiger partial charge in [-0.1, -0.05) is 15.9 Å². The van der Waals surface area contributed by atoms with Crippen molar-refractivity contribution in [3.8, 4) is 0 Å². The summed E-state index contributed by atoms with van der Waals surface area (Å²) in [7, 11) is 0. The molecule has 0 spiro atoms. The van der Waals surface area contributed by atoms with E-state index in [-0.39, 0.29) is 0 Å². The molecule has 0 amide bonds. The Morgan fingerprint density at radius 3 is 2.11 bits per heavy atom. The zero-order valence-electron chi connectivity index (χ0n) is 10.7. The Bertz CT molecular complexity index is 236. The minimum absolute atomic E-state index is 0.387. The van der Waals surface area contributed by atoms with Gasteiger partial charge in [0.05, 0.1) is 26.4 Å². The fraction of sp³-hybridized carbons (Fsp3) is 1.00. The first-order valence-corrected chi connectivity index (χ1v) is 8.08. The molecule has 2 atom stereocenters. The summed E-state index contributed by atoms with van der Waals surface area (Å²) in [4.78, 5) is 5.30. The number of hydrogen-bond donors (Lipinski definition) is 0. The molecular formula is C12H22BrClN2O2. The van der Waals surface area contributed by atoms with Crippen molar-refractivity contribution in [1.82, 2.24) is 9.80 Å². The first-order chi connectivity index (χ1) is 8.81. The minimum Gasteiger partial charge on any atom is -0.379 e. The molecule has 2 unspecified atom stereocenters. The average Bonchev–Trinajstić information content (AvgIpc) is 2.42. The van der Waals surface area contributed by atoms with Gasteiger partial charge in [-0.15, -0.1) is 11.6 Å². The minimum atomic E-state index is 0.387. The van der Waals surface area contributed by atoms with E-state index < -0.39 is 0 Å². The van der Waals surface area contributed by atoms with Gasteiger partial charge in [0.2, 0.25) is 0 Å². The van der Waals surface area contributed by atoms with Crippen LogP contribution >= 0.6 is 27.5 Å². The van der Waals surface area contributed by atoms with Crippen LogP contribution in [0.1, 0.15) is 0 Å². The SMILES string of the molecule is ClCC(C(Br)CN1CCOCC1)N1CCOCC1. The molecule has 0 aromatic carbocycles. The summed E-state index contributed by atoms with van der Waals surface area (Å²) in [6.45, 7) is 8.42. The van der Waals surface area contributed by atoms with E-state index in [0.717, 1.165) is 59.2 Å². The third-order valence-corrected chi connectivity index (χ3v) is 4.84. The van der Waals surface area contributed by atoms with Gasteiger partial charge in [0.15, 0.2) is 0 Å². The fourth-order valence-corrected chi connectivity index (χ4v) is 4.04. The summed E-state index contributed by atoms with van der Waals surface area (Å²) in [5.41, 5.74) is 0. The summed E-state index contributed by atoms with van der Waals surface area (Å²) in [5, 5.41) is 0. The molecule has 2 rings (SSSR count). The second kappa shape index (κ2) is 8.02. The average molecular weight is 342 g/mol. The van der Waals surface area contributed by atoms with Crippen LogP contribution < -0.4 is 0 Å². The molecule has 2 aliphatic heterocycles. The molecule has 0 aromatic rings. The van der Waals surface area contributed by atoms with Crippen LogP contribution in [0.25, 0.3) is 0 Å². The number of rotatable bonds is 5. The monoisotopic (exact) mass is 340 g/mol. The number of ether oxygens (including phenoxy) is 2. The number of halogens is 2. The fourth-order valence-electron chi connectivity index (χ4n) is 2.48. The van der Waals surface area contributed by atoms with Crippen LogP contribution in [0.3, 0.4) is 0 Å². The highest BCUT2D eigenvalue weighted by molar-refractivity contribution is 9.09. The first-order valence-electron chi connectivity index (χ1n) is 6.63. The molecule has 0 bridgehead atoms. The van der Waals surface area contributed by atoms with Crippen molar-refractivity contribution in [1.29, 1.82) is 0 Å². The highest BCUT2D eigenvalue weighted by Gasteiger charge is 2.28. The standard InChI is InChI=1S/C12H22BrClN2O2/c13-11(10-15-1-5-17-6-2-15)12(9-14)16-3-7-18-8-4-16/h11-12H,1-10H2. The van der Waals surface area contributed by atoms with E-state index in [1.165, 1.54) is 0 Å². The predicted octanol–water partition coefficient (Wildman–Crippen LogP) is 1.02. The second-order valence-electron chi connectivity index (χ2n) is 4.80. The molecule has 2 aliphatic rings. The zero-order chi connectivity index (χ0) is 12.8. The van der Waals surface area contributed by atoms with Crippen molar-refractivity contribution in [2.24, 2.45) is 0 Å². The molecule has 6 heteroatoms. The van der Waals surface area contributed by atoms with Crippen molar-refractivity contribution in [3.63, 3.8) is 0 Å². The number of alkyl halides is 2. The lowest BCUT2D eigenvalue weighted by Gasteiger charge is -2.38. The van der Waals surface area contributed by atoms with Crippen molar-refractivity contribution < 1.29 is 9.47 Å². The van der Waals surface area contributed by atoms with Crippen LogP contribution in [0.2, 0.25) is 0 Å². The number of morpholine rings is 2. The van der Waals surface area contributed by atoms with Crippen LogP contribution in [0.4, 0.5) is 0 Å². The Labute approximate surface area is 123 Å². The molecule has 4 nitrogen and oxygen atoms in total. The molecule has 0 radical (unpaired) electrons. The van der Waals surface area contributed by atoms with Crippen LogP contribution in [0, 0.1) is 0 Å². The van der Waals surface area contributed by atoms with Gasteiger partial charge in [0.1, 0.15) is 0 Å². The maximum Gasteiger partial charge on any atom is 0.0594 e. The van der Waals surface area contributed by atoms with Crippen LogP contribution in [-0.2, 0) is 9.47 Å². The Morgan fingerprint density at radius 2 is 1.56 bits per heavy atom. The van der Waals surface area contributed by atoms with Gasteiger partial charge in [-0.2, -0.15) is 0 Å². The van der Waals surface area contributed by atoms with E-state index in [0.29, 0.717) is 16.7 Å². The van der Waals surface area contributed by atoms with Gasteiger partial charge in [0.25, 0.3) is 0 Å². The summed E-state index contributed by atoms with van der Waals surface area (Å²) in [6.07, 6.45) is 0. The molecule has 0 aromatic heterocycles. The summed E-state index contributed by atoms with van der Waals surface area (Å²) >= 11 is 9.98. The van der Waals surface area contributed by atoms with Gasteiger partial charge < -0.3 is 9.47 Å². The lowest BCUT2D eigenvalue weighted by molar-refractivity contribution is 0.0121. The Kier molecular flexibility index (Phi) is 6.69. The van der Waals surface area contributed by atoms with Crippen molar-refractivity contribution in [2.75, 3.05) is 65.0 Å². The lowest BCUT2D eigenvalue weighted by atomic mass is 10.1. The van der Waals surface area contributed by atoms with Gasteiger partial charge in [-0.05, 0) is 0 Å². The van der Waals surface area contributed by atoms with E-state index in [1.807, 2.05) is 0 Å². The van der Waals surface area contributed by atoms with E-state index in [9.17, 15) is 0 Å². The first kappa shape index (κ1) is 15.0. The third-order valence-electron chi connectivity index (χ3n) is 3.63. The predicted molar refractivity (Wildman–Crippen MR) is 76.9 cm³/mol. The maximum atomic E-state index is 6.16. The van der Waals surface area contributed by atoms with Crippen LogP contribution in [0.5, 0.6) is 0 Å². The summed E-state index contributed by atoms with van der Waals surface area (Å²) < 4.78 is 10.8. The molecule has 106 valence electrons. The Hall–Kier alpha value is 0.610. The summed E-state index contributed by atoms with van der Waals surface area (Å²) in [5.74, 6) is 0.667. The highest BCUT2D eigenvalue weighted by Crippen LogP contribution is 2.18. The van der Waals surface area contributed by atoms with E-state index in [4.69, 9.17) is 21.1 Å². The molecule has 2 fully saturated rings.